The molecule has 4 nitrogen and oxygen atoms in total. The highest BCUT2D eigenvalue weighted by Gasteiger charge is 2.46. The van der Waals surface area contributed by atoms with Crippen molar-refractivity contribution >= 4 is 23.1 Å². The number of anilines is 1. The van der Waals surface area contributed by atoms with Gasteiger partial charge in [-0.05, 0) is 72.6 Å². The number of nitrogens with zero attached hydrogens (tertiary/aromatic N) is 1. The second-order valence-electron chi connectivity index (χ2n) is 8.79. The number of benzene rings is 3. The molecule has 3 aromatic rings. The van der Waals surface area contributed by atoms with Crippen LogP contribution in [-0.2, 0) is 28.9 Å². The Morgan fingerprint density at radius 3 is 2.30 bits per heavy atom. The predicted molar refractivity (Wildman–Crippen MR) is 130 cm³/mol. The molecule has 33 heavy (non-hydrogen) atoms. The van der Waals surface area contributed by atoms with Crippen molar-refractivity contribution in [2.75, 3.05) is 4.90 Å². The molecule has 1 heterocycles. The minimum Gasteiger partial charge on any atom is -0.507 e. The number of Topliss-reactive ketones (excluding diaryl/α,β-unsaturated/α-hetero) is 1. The molecule has 1 amide bonds. The number of rotatable bonds is 4. The van der Waals surface area contributed by atoms with Crippen LogP contribution in [0.1, 0.15) is 53.6 Å². The van der Waals surface area contributed by atoms with Crippen LogP contribution in [0.4, 0.5) is 5.69 Å². The van der Waals surface area contributed by atoms with E-state index < -0.39 is 17.7 Å². The summed E-state index contributed by atoms with van der Waals surface area (Å²) >= 11 is 0. The first kappa shape index (κ1) is 21.2. The van der Waals surface area contributed by atoms with E-state index >= 15 is 0 Å². The summed E-state index contributed by atoms with van der Waals surface area (Å²) in [6.45, 7) is 2.08. The molecular weight excluding hydrogens is 410 g/mol. The quantitative estimate of drug-likeness (QED) is 0.321. The van der Waals surface area contributed by atoms with Gasteiger partial charge in [-0.15, -0.1) is 0 Å². The van der Waals surface area contributed by atoms with Crippen LogP contribution in [0, 0.1) is 0 Å². The van der Waals surface area contributed by atoms with Crippen molar-refractivity contribution in [3.05, 3.63) is 106 Å². The van der Waals surface area contributed by atoms with Crippen LogP contribution in [-0.4, -0.2) is 16.8 Å². The van der Waals surface area contributed by atoms with Crippen LogP contribution in [0.15, 0.2) is 78.4 Å². The van der Waals surface area contributed by atoms with Gasteiger partial charge in [-0.1, -0.05) is 61.5 Å². The van der Waals surface area contributed by atoms with E-state index in [4.69, 9.17) is 0 Å². The molecule has 1 fully saturated rings. The fraction of sp³-hybridized carbons (Fsp3) is 0.241. The smallest absolute Gasteiger partial charge is 0.300 e. The standard InChI is InChI=1S/C29H27NO3/c1-2-19-12-14-21(15-13-19)26-25(28(32)29(33)30(26)24-10-4-3-5-11-24)27(31)23-17-16-20-8-6-7-9-22(20)18-23/h3-5,10-18,26,31H,2,6-9H2,1H3/b27-25-. The summed E-state index contributed by atoms with van der Waals surface area (Å²) in [5, 5.41) is 11.4. The van der Waals surface area contributed by atoms with Crippen molar-refractivity contribution < 1.29 is 14.7 Å². The van der Waals surface area contributed by atoms with Gasteiger partial charge in [-0.25, -0.2) is 0 Å². The normalized spacial score (nSPS) is 19.5. The first-order chi connectivity index (χ1) is 16.1. The molecule has 0 radical (unpaired) electrons. The van der Waals surface area contributed by atoms with Crippen molar-refractivity contribution in [3.8, 4) is 0 Å². The van der Waals surface area contributed by atoms with E-state index in [1.165, 1.54) is 28.0 Å². The van der Waals surface area contributed by atoms with Crippen LogP contribution in [0.3, 0.4) is 0 Å². The minimum absolute atomic E-state index is 0.107. The Kier molecular flexibility index (Phi) is 5.59. The monoisotopic (exact) mass is 437 g/mol. The van der Waals surface area contributed by atoms with E-state index in [1.54, 1.807) is 0 Å². The number of hydrogen-bond acceptors (Lipinski definition) is 3. The number of aryl methyl sites for hydroxylation is 3. The van der Waals surface area contributed by atoms with Crippen molar-refractivity contribution in [2.24, 2.45) is 0 Å². The predicted octanol–water partition coefficient (Wildman–Crippen LogP) is 5.75. The van der Waals surface area contributed by atoms with Gasteiger partial charge in [0, 0.05) is 11.3 Å². The molecule has 1 aliphatic carbocycles. The SMILES string of the molecule is CCc1ccc(C2/C(=C(/O)c3ccc4c(c3)CCCC4)C(=O)C(=O)N2c2ccccc2)cc1. The summed E-state index contributed by atoms with van der Waals surface area (Å²) in [5.41, 5.74) is 5.86. The molecule has 1 N–H and O–H groups in total. The van der Waals surface area contributed by atoms with E-state index in [0.29, 0.717) is 11.3 Å². The van der Waals surface area contributed by atoms with Gasteiger partial charge in [0.05, 0.1) is 11.6 Å². The van der Waals surface area contributed by atoms with E-state index in [2.05, 4.69) is 6.92 Å². The molecule has 1 atom stereocenters. The van der Waals surface area contributed by atoms with Crippen molar-refractivity contribution in [1.29, 1.82) is 0 Å². The maximum absolute atomic E-state index is 13.3. The van der Waals surface area contributed by atoms with Crippen LogP contribution >= 0.6 is 0 Å². The molecule has 1 unspecified atom stereocenters. The van der Waals surface area contributed by atoms with Crippen molar-refractivity contribution in [2.45, 2.75) is 45.1 Å². The Morgan fingerprint density at radius 2 is 1.61 bits per heavy atom. The molecule has 5 rings (SSSR count). The summed E-state index contributed by atoms with van der Waals surface area (Å²) in [4.78, 5) is 28.0. The Balaban J connectivity index is 1.68. The third kappa shape index (κ3) is 3.76. The molecule has 1 saturated heterocycles. The number of hydrogen-bond donors (Lipinski definition) is 1. The lowest BCUT2D eigenvalue weighted by atomic mass is 9.88. The molecule has 1 aliphatic heterocycles. The minimum atomic E-state index is -0.686. The number of aliphatic hydroxyl groups excluding tert-OH is 1. The van der Waals surface area contributed by atoms with Gasteiger partial charge in [-0.3, -0.25) is 14.5 Å². The number of amides is 1. The highest BCUT2D eigenvalue weighted by atomic mass is 16.3. The van der Waals surface area contributed by atoms with Gasteiger partial charge in [-0.2, -0.15) is 0 Å². The zero-order valence-electron chi connectivity index (χ0n) is 18.8. The van der Waals surface area contributed by atoms with E-state index in [0.717, 1.165) is 31.2 Å². The summed E-state index contributed by atoms with van der Waals surface area (Å²) < 4.78 is 0. The zero-order valence-corrected chi connectivity index (χ0v) is 18.8. The lowest BCUT2D eigenvalue weighted by molar-refractivity contribution is -0.132. The molecule has 166 valence electrons. The van der Waals surface area contributed by atoms with Gasteiger partial charge in [0.1, 0.15) is 5.76 Å². The fourth-order valence-corrected chi connectivity index (χ4v) is 4.97. The molecule has 0 spiro atoms. The molecule has 3 aromatic carbocycles. The molecule has 0 aromatic heterocycles. The maximum atomic E-state index is 13.3. The average molecular weight is 438 g/mol. The summed E-state index contributed by atoms with van der Waals surface area (Å²) in [5.74, 6) is -1.38. The highest BCUT2D eigenvalue weighted by Crippen LogP contribution is 2.42. The summed E-state index contributed by atoms with van der Waals surface area (Å²) in [6.07, 6.45) is 5.21. The first-order valence-electron chi connectivity index (χ1n) is 11.7. The van der Waals surface area contributed by atoms with E-state index in [1.807, 2.05) is 72.8 Å². The third-order valence-electron chi connectivity index (χ3n) is 6.80. The lowest BCUT2D eigenvalue weighted by Crippen LogP contribution is -2.29. The number of ketones is 1. The number of fused-ring (bicyclic) bond motifs is 1. The largest absolute Gasteiger partial charge is 0.507 e. The Morgan fingerprint density at radius 1 is 0.909 bits per heavy atom. The van der Waals surface area contributed by atoms with E-state index in [-0.39, 0.29) is 11.3 Å². The average Bonchev–Trinajstić information content (AvgIpc) is 3.14. The van der Waals surface area contributed by atoms with Gasteiger partial charge in [0.15, 0.2) is 0 Å². The molecule has 2 aliphatic rings. The molecule has 4 heteroatoms. The Hall–Kier alpha value is -3.66. The van der Waals surface area contributed by atoms with Crippen molar-refractivity contribution in [1.82, 2.24) is 0 Å². The first-order valence-corrected chi connectivity index (χ1v) is 11.7. The Bertz CT molecular complexity index is 1240. The molecular formula is C29H27NO3. The summed E-state index contributed by atoms with van der Waals surface area (Å²) in [6, 6.07) is 22.3. The van der Waals surface area contributed by atoms with Crippen LogP contribution in [0.25, 0.3) is 5.76 Å². The number of carbonyl (C=O) groups is 2. The number of carbonyl (C=O) groups excluding carboxylic acids is 2. The van der Waals surface area contributed by atoms with Gasteiger partial charge < -0.3 is 5.11 Å². The van der Waals surface area contributed by atoms with Crippen molar-refractivity contribution in [3.63, 3.8) is 0 Å². The molecule has 0 saturated carbocycles. The maximum Gasteiger partial charge on any atom is 0.300 e. The summed E-state index contributed by atoms with van der Waals surface area (Å²) in [7, 11) is 0. The molecule has 0 bridgehead atoms. The van der Waals surface area contributed by atoms with Gasteiger partial charge >= 0.3 is 0 Å². The number of aliphatic hydroxyl groups is 1. The topological polar surface area (TPSA) is 57.6 Å². The second kappa shape index (κ2) is 8.70. The fourth-order valence-electron chi connectivity index (χ4n) is 4.97. The zero-order chi connectivity index (χ0) is 22.9. The van der Waals surface area contributed by atoms with Crippen LogP contribution < -0.4 is 4.90 Å². The third-order valence-corrected chi connectivity index (χ3v) is 6.80. The second-order valence-corrected chi connectivity index (χ2v) is 8.79. The van der Waals surface area contributed by atoms with E-state index in [9.17, 15) is 14.7 Å². The number of para-hydroxylation sites is 1. The highest BCUT2D eigenvalue weighted by molar-refractivity contribution is 6.51. The van der Waals surface area contributed by atoms with Crippen LogP contribution in [0.5, 0.6) is 0 Å². The van der Waals surface area contributed by atoms with Gasteiger partial charge in [0.2, 0.25) is 0 Å². The Labute approximate surface area is 194 Å². The van der Waals surface area contributed by atoms with Gasteiger partial charge in [0.25, 0.3) is 11.7 Å². The van der Waals surface area contributed by atoms with Crippen LogP contribution in [0.2, 0.25) is 0 Å². The lowest BCUT2D eigenvalue weighted by Gasteiger charge is -2.25.